The molecule has 0 aromatic carbocycles. The number of carbonyl (C=O) groups excluding carboxylic acids is 1. The normalized spacial score (nSPS) is 10.0. The van der Waals surface area contributed by atoms with E-state index in [1.165, 1.54) is 0 Å². The lowest BCUT2D eigenvalue weighted by Gasteiger charge is -2.05. The van der Waals surface area contributed by atoms with Gasteiger partial charge >= 0.3 is 0 Å². The van der Waals surface area contributed by atoms with Crippen LogP contribution in [0.1, 0.15) is 20.3 Å². The molecule has 0 saturated carbocycles. The number of hydrogen-bond donors (Lipinski definition) is 2. The molecule has 0 spiro atoms. The highest BCUT2D eigenvalue weighted by Gasteiger charge is 2.03. The average Bonchev–Trinajstić information content (AvgIpc) is 1.88. The third-order valence-corrected chi connectivity index (χ3v) is 1.47. The van der Waals surface area contributed by atoms with Gasteiger partial charge in [0.2, 0.25) is 5.91 Å². The number of rotatable bonds is 4. The van der Waals surface area contributed by atoms with Crippen molar-refractivity contribution < 1.29 is 4.79 Å². The molecule has 1 amide bonds. The number of hydrogen-bond acceptors (Lipinski definition) is 2. The SMILES string of the molecule is CC(C)C(=O)NCCCS. The molecule has 60 valence electrons. The Morgan fingerprint density at radius 1 is 1.60 bits per heavy atom. The summed E-state index contributed by atoms with van der Waals surface area (Å²) in [6, 6.07) is 0. The van der Waals surface area contributed by atoms with E-state index in [-0.39, 0.29) is 11.8 Å². The van der Waals surface area contributed by atoms with Gasteiger partial charge < -0.3 is 5.32 Å². The van der Waals surface area contributed by atoms with E-state index < -0.39 is 0 Å². The number of amides is 1. The highest BCUT2D eigenvalue weighted by molar-refractivity contribution is 7.80. The van der Waals surface area contributed by atoms with Gasteiger partial charge in [-0.15, -0.1) is 0 Å². The van der Waals surface area contributed by atoms with Crippen LogP contribution < -0.4 is 5.32 Å². The van der Waals surface area contributed by atoms with E-state index in [9.17, 15) is 4.79 Å². The Balaban J connectivity index is 3.22. The topological polar surface area (TPSA) is 29.1 Å². The van der Waals surface area contributed by atoms with E-state index in [1.807, 2.05) is 13.8 Å². The van der Waals surface area contributed by atoms with Gasteiger partial charge in [0.15, 0.2) is 0 Å². The summed E-state index contributed by atoms with van der Waals surface area (Å²) in [4.78, 5) is 10.9. The maximum absolute atomic E-state index is 10.9. The zero-order valence-corrected chi connectivity index (χ0v) is 7.45. The predicted octanol–water partition coefficient (Wildman–Crippen LogP) is 1.08. The van der Waals surface area contributed by atoms with E-state index in [0.717, 1.165) is 18.7 Å². The summed E-state index contributed by atoms with van der Waals surface area (Å²) in [5.41, 5.74) is 0. The smallest absolute Gasteiger partial charge is 0.222 e. The van der Waals surface area contributed by atoms with Gasteiger partial charge in [0.25, 0.3) is 0 Å². The van der Waals surface area contributed by atoms with Crippen molar-refractivity contribution >= 4 is 18.5 Å². The summed E-state index contributed by atoms with van der Waals surface area (Å²) >= 11 is 4.02. The lowest BCUT2D eigenvalue weighted by Crippen LogP contribution is -2.28. The van der Waals surface area contributed by atoms with Gasteiger partial charge in [0.1, 0.15) is 0 Å². The first-order chi connectivity index (χ1) is 4.68. The molecule has 0 rings (SSSR count). The van der Waals surface area contributed by atoms with E-state index >= 15 is 0 Å². The summed E-state index contributed by atoms with van der Waals surface area (Å²) in [6.45, 7) is 4.52. The molecule has 0 bridgehead atoms. The monoisotopic (exact) mass is 161 g/mol. The Morgan fingerprint density at radius 2 is 2.20 bits per heavy atom. The highest BCUT2D eigenvalue weighted by atomic mass is 32.1. The summed E-state index contributed by atoms with van der Waals surface area (Å²) in [6.07, 6.45) is 0.946. The van der Waals surface area contributed by atoms with E-state index in [2.05, 4.69) is 17.9 Å². The molecule has 0 radical (unpaired) electrons. The Hall–Kier alpha value is -0.180. The van der Waals surface area contributed by atoms with E-state index in [0.29, 0.717) is 0 Å². The van der Waals surface area contributed by atoms with Crippen molar-refractivity contribution in [2.45, 2.75) is 20.3 Å². The van der Waals surface area contributed by atoms with Crippen molar-refractivity contribution in [3.05, 3.63) is 0 Å². The first kappa shape index (κ1) is 9.82. The van der Waals surface area contributed by atoms with Crippen molar-refractivity contribution in [2.75, 3.05) is 12.3 Å². The second kappa shape index (κ2) is 5.59. The van der Waals surface area contributed by atoms with Gasteiger partial charge in [0, 0.05) is 12.5 Å². The third-order valence-electron chi connectivity index (χ3n) is 1.16. The van der Waals surface area contributed by atoms with E-state index in [1.54, 1.807) is 0 Å². The zero-order chi connectivity index (χ0) is 7.98. The molecule has 3 heteroatoms. The van der Waals surface area contributed by atoms with Gasteiger partial charge in [-0.2, -0.15) is 12.6 Å². The van der Waals surface area contributed by atoms with Crippen molar-refractivity contribution in [2.24, 2.45) is 5.92 Å². The molecule has 10 heavy (non-hydrogen) atoms. The quantitative estimate of drug-likeness (QED) is 0.469. The minimum absolute atomic E-state index is 0.0971. The maximum Gasteiger partial charge on any atom is 0.222 e. The molecular weight excluding hydrogens is 146 g/mol. The van der Waals surface area contributed by atoms with Crippen LogP contribution in [-0.4, -0.2) is 18.2 Å². The molecule has 0 aliphatic rings. The van der Waals surface area contributed by atoms with Gasteiger partial charge in [-0.05, 0) is 12.2 Å². The van der Waals surface area contributed by atoms with Gasteiger partial charge in [-0.1, -0.05) is 13.8 Å². The molecule has 0 aromatic rings. The molecule has 0 saturated heterocycles. The predicted molar refractivity (Wildman–Crippen MR) is 46.3 cm³/mol. The van der Waals surface area contributed by atoms with Crippen LogP contribution in [0.3, 0.4) is 0 Å². The zero-order valence-electron chi connectivity index (χ0n) is 6.55. The van der Waals surface area contributed by atoms with Crippen LogP contribution in [0, 0.1) is 5.92 Å². The summed E-state index contributed by atoms with van der Waals surface area (Å²) < 4.78 is 0. The number of nitrogens with one attached hydrogen (secondary N) is 1. The first-order valence-corrected chi connectivity index (χ1v) is 4.20. The highest BCUT2D eigenvalue weighted by Crippen LogP contribution is 1.90. The van der Waals surface area contributed by atoms with Gasteiger partial charge in [-0.25, -0.2) is 0 Å². The Kier molecular flexibility index (Phi) is 5.49. The Labute approximate surface area is 67.8 Å². The minimum Gasteiger partial charge on any atom is -0.356 e. The summed E-state index contributed by atoms with van der Waals surface area (Å²) in [5.74, 6) is 1.06. The van der Waals surface area contributed by atoms with Crippen LogP contribution >= 0.6 is 12.6 Å². The molecule has 0 heterocycles. The molecule has 0 fully saturated rings. The van der Waals surface area contributed by atoms with Crippen LogP contribution in [0.15, 0.2) is 0 Å². The molecule has 0 unspecified atom stereocenters. The fourth-order valence-electron chi connectivity index (χ4n) is 0.495. The number of thiol groups is 1. The fraction of sp³-hybridized carbons (Fsp3) is 0.857. The van der Waals surface area contributed by atoms with Gasteiger partial charge in [0.05, 0.1) is 0 Å². The summed E-state index contributed by atoms with van der Waals surface area (Å²) in [5, 5.41) is 2.80. The van der Waals surface area contributed by atoms with Crippen LogP contribution in [0.4, 0.5) is 0 Å². The van der Waals surface area contributed by atoms with Crippen LogP contribution in [0.5, 0.6) is 0 Å². The van der Waals surface area contributed by atoms with Gasteiger partial charge in [-0.3, -0.25) is 4.79 Å². The molecule has 0 aliphatic carbocycles. The lowest BCUT2D eigenvalue weighted by atomic mass is 10.2. The first-order valence-electron chi connectivity index (χ1n) is 3.57. The molecule has 2 nitrogen and oxygen atoms in total. The molecule has 0 aliphatic heterocycles. The van der Waals surface area contributed by atoms with Crippen molar-refractivity contribution in [1.82, 2.24) is 5.32 Å². The number of carbonyl (C=O) groups is 1. The molecule has 1 N–H and O–H groups in total. The Morgan fingerprint density at radius 3 is 2.60 bits per heavy atom. The second-order valence-electron chi connectivity index (χ2n) is 2.52. The second-order valence-corrected chi connectivity index (χ2v) is 2.97. The minimum atomic E-state index is 0.0971. The average molecular weight is 161 g/mol. The largest absolute Gasteiger partial charge is 0.356 e. The molecule has 0 aromatic heterocycles. The third kappa shape index (κ3) is 4.68. The standard InChI is InChI=1S/C7H15NOS/c1-6(2)7(9)8-4-3-5-10/h6,10H,3-5H2,1-2H3,(H,8,9). The van der Waals surface area contributed by atoms with Crippen molar-refractivity contribution in [1.29, 1.82) is 0 Å². The van der Waals surface area contributed by atoms with Crippen LogP contribution in [0.2, 0.25) is 0 Å². The van der Waals surface area contributed by atoms with Crippen LogP contribution in [0.25, 0.3) is 0 Å². The van der Waals surface area contributed by atoms with Crippen molar-refractivity contribution in [3.63, 3.8) is 0 Å². The molecular formula is C7H15NOS. The maximum atomic E-state index is 10.9. The summed E-state index contributed by atoms with van der Waals surface area (Å²) in [7, 11) is 0. The van der Waals surface area contributed by atoms with Crippen molar-refractivity contribution in [3.8, 4) is 0 Å². The lowest BCUT2D eigenvalue weighted by molar-refractivity contribution is -0.123. The molecule has 0 atom stereocenters. The van der Waals surface area contributed by atoms with E-state index in [4.69, 9.17) is 0 Å². The fourth-order valence-corrected chi connectivity index (χ4v) is 0.653. The Bertz CT molecular complexity index is 104. The van der Waals surface area contributed by atoms with Crippen LogP contribution in [-0.2, 0) is 4.79 Å².